The maximum Gasteiger partial charge on any atom is 0.418 e. The largest absolute Gasteiger partial charge is 0.418 e. The Bertz CT molecular complexity index is 1110. The molecule has 2 N–H and O–H groups in total. The van der Waals surface area contributed by atoms with Gasteiger partial charge < -0.3 is 20.4 Å². The second-order valence-corrected chi connectivity index (χ2v) is 7.57. The van der Waals surface area contributed by atoms with Gasteiger partial charge in [0.25, 0.3) is 5.91 Å². The van der Waals surface area contributed by atoms with E-state index in [9.17, 15) is 27.2 Å². The number of hydrogen-bond acceptors (Lipinski definition) is 4. The zero-order valence-corrected chi connectivity index (χ0v) is 17.1. The number of carbonyl (C=O) groups is 2. The number of hydrogen-bond donors (Lipinski definition) is 2. The minimum atomic E-state index is -4.59. The summed E-state index contributed by atoms with van der Waals surface area (Å²) in [6.45, 7) is 2.74. The van der Waals surface area contributed by atoms with Crippen LogP contribution in [0.15, 0.2) is 42.6 Å². The quantitative estimate of drug-likeness (QED) is 0.552. The van der Waals surface area contributed by atoms with E-state index in [1.807, 2.05) is 0 Å². The average molecular weight is 448 g/mol. The summed E-state index contributed by atoms with van der Waals surface area (Å²) in [5, 5.41) is 5.27. The van der Waals surface area contributed by atoms with E-state index in [0.717, 1.165) is 6.07 Å². The Morgan fingerprint density at radius 3 is 2.47 bits per heavy atom. The van der Waals surface area contributed by atoms with Crippen LogP contribution in [0.5, 0.6) is 0 Å². The number of halogens is 4. The van der Waals surface area contributed by atoms with Gasteiger partial charge in [-0.2, -0.15) is 13.2 Å². The van der Waals surface area contributed by atoms with Crippen LogP contribution in [-0.4, -0.2) is 42.9 Å². The maximum absolute atomic E-state index is 13.8. The second kappa shape index (κ2) is 8.18. The van der Waals surface area contributed by atoms with E-state index in [1.54, 1.807) is 9.80 Å². The van der Waals surface area contributed by atoms with Gasteiger partial charge in [0.05, 0.1) is 16.8 Å². The summed E-state index contributed by atoms with van der Waals surface area (Å²) >= 11 is 0. The molecule has 2 amide bonds. The molecule has 168 valence electrons. The Hall–Kier alpha value is -3.56. The molecule has 1 saturated heterocycles. The third kappa shape index (κ3) is 4.25. The lowest BCUT2D eigenvalue weighted by molar-refractivity contribution is -0.137. The van der Waals surface area contributed by atoms with E-state index >= 15 is 0 Å². The van der Waals surface area contributed by atoms with Crippen LogP contribution in [0.4, 0.5) is 34.6 Å². The number of carbonyl (C=O) groups excluding carboxylic acids is 2. The first-order valence-corrected chi connectivity index (χ1v) is 9.93. The highest BCUT2D eigenvalue weighted by Gasteiger charge is 2.36. The van der Waals surface area contributed by atoms with Crippen LogP contribution in [0.1, 0.15) is 18.1 Å². The van der Waals surface area contributed by atoms with Crippen molar-refractivity contribution in [3.8, 4) is 0 Å². The molecule has 0 spiro atoms. The van der Waals surface area contributed by atoms with Crippen LogP contribution >= 0.6 is 0 Å². The van der Waals surface area contributed by atoms with Gasteiger partial charge in [-0.15, -0.1) is 0 Å². The van der Waals surface area contributed by atoms with Crippen molar-refractivity contribution in [2.75, 3.05) is 41.7 Å². The lowest BCUT2D eigenvalue weighted by Crippen LogP contribution is -2.48. The molecule has 0 bridgehead atoms. The summed E-state index contributed by atoms with van der Waals surface area (Å²) in [4.78, 5) is 26.9. The zero-order valence-electron chi connectivity index (χ0n) is 17.1. The summed E-state index contributed by atoms with van der Waals surface area (Å²) < 4.78 is 54.7. The van der Waals surface area contributed by atoms with Gasteiger partial charge in [-0.1, -0.05) is 0 Å². The second-order valence-electron chi connectivity index (χ2n) is 7.57. The number of nitrogens with zero attached hydrogens (tertiary/aromatic N) is 2. The lowest BCUT2D eigenvalue weighted by Gasteiger charge is -2.36. The monoisotopic (exact) mass is 448 g/mol. The van der Waals surface area contributed by atoms with Crippen molar-refractivity contribution < 1.29 is 27.2 Å². The lowest BCUT2D eigenvalue weighted by atomic mass is 10.1. The van der Waals surface area contributed by atoms with E-state index in [4.69, 9.17) is 0 Å². The SMILES string of the molecule is CC(=O)N1CCN(c2ccc(NC=C3C(=O)Nc4cc(F)ccc43)cc2C(F)(F)F)CC1. The number of benzene rings is 2. The van der Waals surface area contributed by atoms with E-state index in [1.165, 1.54) is 43.5 Å². The van der Waals surface area contributed by atoms with E-state index < -0.39 is 23.5 Å². The molecular formula is C22H20F4N4O2. The van der Waals surface area contributed by atoms with Crippen molar-refractivity contribution in [2.24, 2.45) is 0 Å². The van der Waals surface area contributed by atoms with Crippen molar-refractivity contribution in [1.82, 2.24) is 4.90 Å². The summed E-state index contributed by atoms with van der Waals surface area (Å²) in [5.74, 6) is -1.09. The first-order valence-electron chi connectivity index (χ1n) is 9.93. The molecule has 2 heterocycles. The van der Waals surface area contributed by atoms with Gasteiger partial charge in [0.1, 0.15) is 5.82 Å². The fourth-order valence-corrected chi connectivity index (χ4v) is 3.86. The molecular weight excluding hydrogens is 428 g/mol. The standard InChI is InChI=1S/C22H20F4N4O2/c1-13(31)29-6-8-30(9-7-29)20-5-3-15(11-18(20)22(24,25)26)27-12-17-16-4-2-14(23)10-19(16)28-21(17)32/h2-5,10-12,27H,6-9H2,1H3,(H,28,32). The number of amides is 2. The zero-order chi connectivity index (χ0) is 23.0. The molecule has 0 radical (unpaired) electrons. The van der Waals surface area contributed by atoms with Crippen molar-refractivity contribution in [3.05, 3.63) is 59.5 Å². The Kier molecular flexibility index (Phi) is 5.53. The van der Waals surface area contributed by atoms with Gasteiger partial charge in [-0.3, -0.25) is 9.59 Å². The number of fused-ring (bicyclic) bond motifs is 1. The van der Waals surface area contributed by atoms with Crippen LogP contribution in [-0.2, 0) is 15.8 Å². The fraction of sp³-hybridized carbons (Fsp3) is 0.273. The molecule has 2 aliphatic rings. The number of alkyl halides is 3. The molecule has 32 heavy (non-hydrogen) atoms. The molecule has 2 aromatic rings. The molecule has 4 rings (SSSR count). The van der Waals surface area contributed by atoms with Crippen LogP contribution in [0.25, 0.3) is 5.57 Å². The van der Waals surface area contributed by atoms with Crippen LogP contribution in [0, 0.1) is 5.82 Å². The van der Waals surface area contributed by atoms with Gasteiger partial charge in [0, 0.05) is 56.2 Å². The fourth-order valence-electron chi connectivity index (χ4n) is 3.86. The maximum atomic E-state index is 13.8. The number of anilines is 3. The molecule has 1 fully saturated rings. The predicted molar refractivity (Wildman–Crippen MR) is 113 cm³/mol. The van der Waals surface area contributed by atoms with Gasteiger partial charge in [0.15, 0.2) is 0 Å². The van der Waals surface area contributed by atoms with Crippen molar-refractivity contribution in [2.45, 2.75) is 13.1 Å². The summed E-state index contributed by atoms with van der Waals surface area (Å²) in [6.07, 6.45) is -3.29. The molecule has 0 saturated carbocycles. The highest BCUT2D eigenvalue weighted by molar-refractivity contribution is 6.31. The highest BCUT2D eigenvalue weighted by atomic mass is 19.4. The van der Waals surface area contributed by atoms with Gasteiger partial charge >= 0.3 is 6.18 Å². The number of rotatable bonds is 3. The Labute approximate surface area is 181 Å². The van der Waals surface area contributed by atoms with Crippen molar-refractivity contribution >= 4 is 34.4 Å². The highest BCUT2D eigenvalue weighted by Crippen LogP contribution is 2.39. The normalized spacial score (nSPS) is 17.4. The van der Waals surface area contributed by atoms with E-state index in [-0.39, 0.29) is 22.9 Å². The molecule has 10 heteroatoms. The molecule has 6 nitrogen and oxygen atoms in total. The van der Waals surface area contributed by atoms with Crippen LogP contribution < -0.4 is 15.5 Å². The minimum absolute atomic E-state index is 0.0401. The van der Waals surface area contributed by atoms with Gasteiger partial charge in [-0.05, 0) is 36.4 Å². The minimum Gasteiger partial charge on any atom is -0.367 e. The third-order valence-electron chi connectivity index (χ3n) is 5.52. The molecule has 0 aromatic heterocycles. The third-order valence-corrected chi connectivity index (χ3v) is 5.52. The Morgan fingerprint density at radius 2 is 1.81 bits per heavy atom. The van der Waals surface area contributed by atoms with Crippen molar-refractivity contribution in [3.63, 3.8) is 0 Å². The topological polar surface area (TPSA) is 64.7 Å². The molecule has 0 atom stereocenters. The Balaban J connectivity index is 1.58. The predicted octanol–water partition coefficient (Wildman–Crippen LogP) is 3.92. The summed E-state index contributed by atoms with van der Waals surface area (Å²) in [7, 11) is 0. The Morgan fingerprint density at radius 1 is 1.09 bits per heavy atom. The first kappa shape index (κ1) is 21.7. The van der Waals surface area contributed by atoms with Crippen LogP contribution in [0.2, 0.25) is 0 Å². The average Bonchev–Trinajstić information content (AvgIpc) is 3.05. The van der Waals surface area contributed by atoms with Crippen molar-refractivity contribution in [1.29, 1.82) is 0 Å². The van der Waals surface area contributed by atoms with Crippen LogP contribution in [0.3, 0.4) is 0 Å². The molecule has 2 aliphatic heterocycles. The smallest absolute Gasteiger partial charge is 0.367 e. The number of nitrogens with one attached hydrogen (secondary N) is 2. The number of piperazine rings is 1. The molecule has 0 aliphatic carbocycles. The van der Waals surface area contributed by atoms with Gasteiger partial charge in [0.2, 0.25) is 5.91 Å². The van der Waals surface area contributed by atoms with E-state index in [2.05, 4.69) is 10.6 Å². The molecule has 2 aromatic carbocycles. The molecule has 0 unspecified atom stereocenters. The summed E-state index contributed by atoms with van der Waals surface area (Å²) in [6, 6.07) is 7.68. The first-order chi connectivity index (χ1) is 15.1. The van der Waals surface area contributed by atoms with E-state index in [0.29, 0.717) is 37.4 Å². The van der Waals surface area contributed by atoms with Gasteiger partial charge in [-0.25, -0.2) is 4.39 Å². The summed E-state index contributed by atoms with van der Waals surface area (Å²) in [5.41, 5.74) is 0.338.